The minimum atomic E-state index is -0.566. The Bertz CT molecular complexity index is 1050. The number of methoxy groups -OCH3 is 1. The number of carbonyl (C=O) groups excluding carboxylic acids is 1. The van der Waals surface area contributed by atoms with Crippen LogP contribution in [0.5, 0.6) is 11.5 Å². The van der Waals surface area contributed by atoms with Crippen LogP contribution >= 0.6 is 0 Å². The second-order valence-electron chi connectivity index (χ2n) is 7.44. The molecule has 1 atom stereocenters. The van der Waals surface area contributed by atoms with Gasteiger partial charge in [-0.05, 0) is 48.7 Å². The van der Waals surface area contributed by atoms with Crippen molar-refractivity contribution >= 4 is 17.3 Å². The first-order valence-electron chi connectivity index (χ1n) is 10.3. The molecule has 0 aromatic heterocycles. The molecule has 154 valence electrons. The number of ether oxygens (including phenoxy) is 1. The number of rotatable bonds is 6. The van der Waals surface area contributed by atoms with Gasteiger partial charge < -0.3 is 15.2 Å². The van der Waals surface area contributed by atoms with Gasteiger partial charge in [0.2, 0.25) is 0 Å². The Morgan fingerprint density at radius 2 is 1.80 bits per heavy atom. The molecule has 4 rings (SSSR count). The van der Waals surface area contributed by atoms with Gasteiger partial charge in [0.05, 0.1) is 12.7 Å². The third kappa shape index (κ3) is 3.59. The molecule has 0 spiro atoms. The van der Waals surface area contributed by atoms with Gasteiger partial charge in [0.15, 0.2) is 11.5 Å². The number of nitrogens with one attached hydrogen (secondary N) is 1. The summed E-state index contributed by atoms with van der Waals surface area (Å²) in [4.78, 5) is 15.2. The van der Waals surface area contributed by atoms with E-state index in [9.17, 15) is 9.90 Å². The first kappa shape index (κ1) is 19.8. The maximum absolute atomic E-state index is 13.5. The van der Waals surface area contributed by atoms with Crippen molar-refractivity contribution in [2.24, 2.45) is 0 Å². The minimum absolute atomic E-state index is 0.0225. The van der Waals surface area contributed by atoms with Gasteiger partial charge in [0.25, 0.3) is 5.91 Å². The average molecular weight is 402 g/mol. The molecule has 1 aliphatic rings. The van der Waals surface area contributed by atoms with Crippen LogP contribution in [-0.2, 0) is 6.42 Å². The van der Waals surface area contributed by atoms with Crippen LogP contribution in [0, 0.1) is 0 Å². The molecule has 0 aliphatic carbocycles. The summed E-state index contributed by atoms with van der Waals surface area (Å²) in [5.41, 5.74) is 3.94. The summed E-state index contributed by atoms with van der Waals surface area (Å²) in [6.45, 7) is 2.18. The van der Waals surface area contributed by atoms with Crippen molar-refractivity contribution in [3.05, 3.63) is 83.4 Å². The standard InChI is InChI=1S/C25H26N2O3/c1-3-4-8-17-13-15-18(16-14-17)27-24(20-10-7-12-22(30-2)23(20)28)26-21-11-6-5-9-19(21)25(27)29/h5-7,9-16,24,26,28H,3-4,8H2,1-2H3. The highest BCUT2D eigenvalue weighted by Gasteiger charge is 2.35. The van der Waals surface area contributed by atoms with Crippen LogP contribution in [0.15, 0.2) is 66.7 Å². The normalized spacial score (nSPS) is 15.5. The van der Waals surface area contributed by atoms with E-state index in [1.165, 1.54) is 12.7 Å². The topological polar surface area (TPSA) is 61.8 Å². The Balaban J connectivity index is 1.79. The molecule has 0 bridgehead atoms. The molecule has 1 unspecified atom stereocenters. The summed E-state index contributed by atoms with van der Waals surface area (Å²) >= 11 is 0. The fourth-order valence-corrected chi connectivity index (χ4v) is 3.87. The number of phenols is 1. The van der Waals surface area contributed by atoms with Crippen LogP contribution in [0.4, 0.5) is 11.4 Å². The number of hydrogen-bond acceptors (Lipinski definition) is 4. The van der Waals surface area contributed by atoms with E-state index >= 15 is 0 Å². The Morgan fingerprint density at radius 1 is 1.03 bits per heavy atom. The highest BCUT2D eigenvalue weighted by molar-refractivity contribution is 6.12. The molecular weight excluding hydrogens is 376 g/mol. The third-order valence-corrected chi connectivity index (χ3v) is 5.50. The van der Waals surface area contributed by atoms with Crippen molar-refractivity contribution in [1.29, 1.82) is 0 Å². The van der Waals surface area contributed by atoms with E-state index in [1.807, 2.05) is 42.5 Å². The fourth-order valence-electron chi connectivity index (χ4n) is 3.87. The van der Waals surface area contributed by atoms with Gasteiger partial charge in [-0.1, -0.05) is 49.7 Å². The number of aryl methyl sites for hydroxylation is 1. The molecule has 3 aromatic carbocycles. The predicted octanol–water partition coefficient (Wildman–Crippen LogP) is 5.51. The van der Waals surface area contributed by atoms with Crippen molar-refractivity contribution in [2.75, 3.05) is 17.3 Å². The number of benzene rings is 3. The van der Waals surface area contributed by atoms with Crippen LogP contribution in [0.3, 0.4) is 0 Å². The smallest absolute Gasteiger partial charge is 0.262 e. The summed E-state index contributed by atoms with van der Waals surface area (Å²) in [6, 6.07) is 20.8. The molecule has 2 N–H and O–H groups in total. The summed E-state index contributed by atoms with van der Waals surface area (Å²) in [6.07, 6.45) is 2.73. The first-order chi connectivity index (χ1) is 14.6. The van der Waals surface area contributed by atoms with Gasteiger partial charge in [-0.2, -0.15) is 0 Å². The highest BCUT2D eigenvalue weighted by atomic mass is 16.5. The lowest BCUT2D eigenvalue weighted by Crippen LogP contribution is -2.43. The van der Waals surface area contributed by atoms with Crippen molar-refractivity contribution in [2.45, 2.75) is 32.4 Å². The Labute approximate surface area is 176 Å². The van der Waals surface area contributed by atoms with Crippen molar-refractivity contribution < 1.29 is 14.6 Å². The molecule has 5 heteroatoms. The SMILES string of the molecule is CCCCc1ccc(N2C(=O)c3ccccc3NC2c2cccc(OC)c2O)cc1. The number of phenolic OH excluding ortho intramolecular Hbond substituents is 1. The number of para-hydroxylation sites is 2. The lowest BCUT2D eigenvalue weighted by molar-refractivity contribution is 0.0974. The average Bonchev–Trinajstić information content (AvgIpc) is 2.78. The second kappa shape index (κ2) is 8.49. The largest absolute Gasteiger partial charge is 0.504 e. The lowest BCUT2D eigenvalue weighted by atomic mass is 10.0. The van der Waals surface area contributed by atoms with E-state index in [1.54, 1.807) is 17.0 Å². The van der Waals surface area contributed by atoms with Crippen molar-refractivity contribution in [3.8, 4) is 11.5 Å². The molecule has 1 amide bonds. The monoisotopic (exact) mass is 402 g/mol. The molecule has 0 saturated heterocycles. The van der Waals surface area contributed by atoms with E-state index in [-0.39, 0.29) is 11.7 Å². The summed E-state index contributed by atoms with van der Waals surface area (Å²) in [5, 5.41) is 14.2. The molecule has 3 aromatic rings. The van der Waals surface area contributed by atoms with E-state index in [0.717, 1.165) is 30.6 Å². The Morgan fingerprint density at radius 3 is 2.53 bits per heavy atom. The fraction of sp³-hybridized carbons (Fsp3) is 0.240. The Kier molecular flexibility index (Phi) is 5.61. The van der Waals surface area contributed by atoms with E-state index < -0.39 is 6.17 Å². The van der Waals surface area contributed by atoms with E-state index in [0.29, 0.717) is 16.9 Å². The molecule has 1 heterocycles. The summed E-state index contributed by atoms with van der Waals surface area (Å²) < 4.78 is 5.29. The van der Waals surface area contributed by atoms with Crippen LogP contribution in [0.25, 0.3) is 0 Å². The third-order valence-electron chi connectivity index (χ3n) is 5.50. The number of hydrogen-bond donors (Lipinski definition) is 2. The van der Waals surface area contributed by atoms with Crippen LogP contribution in [0.2, 0.25) is 0 Å². The van der Waals surface area contributed by atoms with Crippen molar-refractivity contribution in [3.63, 3.8) is 0 Å². The van der Waals surface area contributed by atoms with Gasteiger partial charge in [-0.15, -0.1) is 0 Å². The minimum Gasteiger partial charge on any atom is -0.504 e. The van der Waals surface area contributed by atoms with E-state index in [2.05, 4.69) is 24.4 Å². The number of anilines is 2. The molecule has 0 fully saturated rings. The number of carbonyl (C=O) groups is 1. The number of aromatic hydroxyl groups is 1. The number of nitrogens with zero attached hydrogens (tertiary/aromatic N) is 1. The zero-order valence-corrected chi connectivity index (χ0v) is 17.3. The zero-order chi connectivity index (χ0) is 21.1. The highest BCUT2D eigenvalue weighted by Crippen LogP contribution is 2.42. The van der Waals surface area contributed by atoms with Crippen LogP contribution in [-0.4, -0.2) is 18.1 Å². The molecular formula is C25H26N2O3. The molecule has 0 radical (unpaired) electrons. The zero-order valence-electron chi connectivity index (χ0n) is 17.3. The Hall–Kier alpha value is -3.47. The van der Waals surface area contributed by atoms with Gasteiger partial charge in [-0.3, -0.25) is 9.69 Å². The van der Waals surface area contributed by atoms with Crippen LogP contribution in [0.1, 0.15) is 47.4 Å². The molecule has 0 saturated carbocycles. The number of unbranched alkanes of at least 4 members (excludes halogenated alkanes) is 1. The number of fused-ring (bicyclic) bond motifs is 1. The summed E-state index contributed by atoms with van der Waals surface area (Å²) in [7, 11) is 1.51. The lowest BCUT2D eigenvalue weighted by Gasteiger charge is -2.38. The summed E-state index contributed by atoms with van der Waals surface area (Å²) in [5.74, 6) is 0.280. The van der Waals surface area contributed by atoms with Gasteiger partial charge in [-0.25, -0.2) is 0 Å². The quantitative estimate of drug-likeness (QED) is 0.570. The molecule has 1 aliphatic heterocycles. The van der Waals surface area contributed by atoms with Gasteiger partial charge in [0.1, 0.15) is 6.17 Å². The molecule has 5 nitrogen and oxygen atoms in total. The predicted molar refractivity (Wildman–Crippen MR) is 119 cm³/mol. The maximum Gasteiger partial charge on any atom is 0.262 e. The van der Waals surface area contributed by atoms with Gasteiger partial charge in [0, 0.05) is 16.9 Å². The van der Waals surface area contributed by atoms with Gasteiger partial charge >= 0.3 is 0 Å². The van der Waals surface area contributed by atoms with Crippen LogP contribution < -0.4 is 15.0 Å². The second-order valence-corrected chi connectivity index (χ2v) is 7.44. The van der Waals surface area contributed by atoms with E-state index in [4.69, 9.17) is 4.74 Å². The maximum atomic E-state index is 13.5. The molecule has 30 heavy (non-hydrogen) atoms. The first-order valence-corrected chi connectivity index (χ1v) is 10.3. The number of amides is 1. The van der Waals surface area contributed by atoms with Crippen molar-refractivity contribution in [1.82, 2.24) is 0 Å².